The Morgan fingerprint density at radius 2 is 1.73 bits per heavy atom. The molecule has 1 fully saturated rings. The zero-order chi connectivity index (χ0) is 18.5. The number of hydrogen-bond acceptors (Lipinski definition) is 2. The number of carbonyl (C=O) groups excluding carboxylic acids is 2. The maximum absolute atomic E-state index is 12.8. The Bertz CT molecular complexity index is 783. The first-order valence-electron chi connectivity index (χ1n) is 9.38. The van der Waals surface area contributed by atoms with E-state index in [2.05, 4.69) is 12.2 Å². The van der Waals surface area contributed by atoms with Crippen molar-refractivity contribution in [2.75, 3.05) is 11.9 Å². The van der Waals surface area contributed by atoms with Gasteiger partial charge in [-0.1, -0.05) is 25.1 Å². The second kappa shape index (κ2) is 8.17. The summed E-state index contributed by atoms with van der Waals surface area (Å²) in [5.41, 5.74) is 3.02. The number of rotatable bonds is 4. The van der Waals surface area contributed by atoms with Gasteiger partial charge in [0.15, 0.2) is 0 Å². The van der Waals surface area contributed by atoms with E-state index in [0.29, 0.717) is 17.2 Å². The number of anilines is 1. The number of hydrogen-bond donors (Lipinski definition) is 1. The first-order chi connectivity index (χ1) is 12.6. The molecule has 136 valence electrons. The zero-order valence-electron chi connectivity index (χ0n) is 15.5. The van der Waals surface area contributed by atoms with Crippen molar-refractivity contribution < 1.29 is 9.59 Å². The molecule has 1 unspecified atom stereocenters. The van der Waals surface area contributed by atoms with E-state index in [-0.39, 0.29) is 11.8 Å². The summed E-state index contributed by atoms with van der Waals surface area (Å²) in [5, 5.41) is 2.92. The van der Waals surface area contributed by atoms with E-state index < -0.39 is 0 Å². The van der Waals surface area contributed by atoms with E-state index in [1.807, 2.05) is 36.1 Å². The molecule has 4 nitrogen and oxygen atoms in total. The van der Waals surface area contributed by atoms with Gasteiger partial charge in [0.2, 0.25) is 0 Å². The maximum atomic E-state index is 12.8. The molecule has 26 heavy (non-hydrogen) atoms. The normalized spacial score (nSPS) is 17.0. The van der Waals surface area contributed by atoms with Gasteiger partial charge >= 0.3 is 0 Å². The summed E-state index contributed by atoms with van der Waals surface area (Å²) in [6.07, 6.45) is 4.33. The number of piperidine rings is 1. The van der Waals surface area contributed by atoms with Gasteiger partial charge in [-0.25, -0.2) is 0 Å². The van der Waals surface area contributed by atoms with E-state index in [4.69, 9.17) is 0 Å². The van der Waals surface area contributed by atoms with Crippen molar-refractivity contribution in [1.82, 2.24) is 4.90 Å². The summed E-state index contributed by atoms with van der Waals surface area (Å²) < 4.78 is 0. The topological polar surface area (TPSA) is 49.4 Å². The molecule has 1 heterocycles. The number of carbonyl (C=O) groups is 2. The molecule has 1 aliphatic heterocycles. The molecule has 1 N–H and O–H groups in total. The van der Waals surface area contributed by atoms with E-state index in [0.717, 1.165) is 37.1 Å². The fourth-order valence-electron chi connectivity index (χ4n) is 3.53. The molecule has 3 rings (SSSR count). The molecule has 0 aliphatic carbocycles. The minimum absolute atomic E-state index is 0.0717. The number of amides is 2. The van der Waals surface area contributed by atoms with E-state index in [1.54, 1.807) is 24.3 Å². The molecule has 2 amide bonds. The third-order valence-electron chi connectivity index (χ3n) is 5.15. The molecule has 1 saturated heterocycles. The highest BCUT2D eigenvalue weighted by Gasteiger charge is 2.26. The van der Waals surface area contributed by atoms with Gasteiger partial charge in [-0.15, -0.1) is 0 Å². The molecular weight excluding hydrogens is 324 g/mol. The molecule has 1 aliphatic rings. The Morgan fingerprint density at radius 3 is 2.42 bits per heavy atom. The van der Waals surface area contributed by atoms with Crippen molar-refractivity contribution >= 4 is 17.5 Å². The summed E-state index contributed by atoms with van der Waals surface area (Å²) >= 11 is 0. The quantitative estimate of drug-likeness (QED) is 0.872. The van der Waals surface area contributed by atoms with Gasteiger partial charge in [0.1, 0.15) is 0 Å². The van der Waals surface area contributed by atoms with Crippen LogP contribution in [0, 0.1) is 6.92 Å². The second-order valence-electron chi connectivity index (χ2n) is 6.90. The lowest BCUT2D eigenvalue weighted by Crippen LogP contribution is -2.43. The lowest BCUT2D eigenvalue weighted by molar-refractivity contribution is 0.0607. The Morgan fingerprint density at radius 1 is 1.04 bits per heavy atom. The zero-order valence-corrected chi connectivity index (χ0v) is 15.5. The van der Waals surface area contributed by atoms with Gasteiger partial charge in [0.05, 0.1) is 0 Å². The van der Waals surface area contributed by atoms with Crippen LogP contribution in [0.3, 0.4) is 0 Å². The fraction of sp³-hybridized carbons (Fsp3) is 0.364. The monoisotopic (exact) mass is 350 g/mol. The number of para-hydroxylation sites is 1. The van der Waals surface area contributed by atoms with Crippen molar-refractivity contribution in [2.24, 2.45) is 0 Å². The number of benzene rings is 2. The third kappa shape index (κ3) is 3.96. The van der Waals surface area contributed by atoms with Gasteiger partial charge in [0, 0.05) is 29.4 Å². The van der Waals surface area contributed by atoms with Crippen molar-refractivity contribution in [3.8, 4) is 0 Å². The highest BCUT2D eigenvalue weighted by Crippen LogP contribution is 2.22. The van der Waals surface area contributed by atoms with Crippen molar-refractivity contribution in [3.05, 3.63) is 65.2 Å². The first-order valence-corrected chi connectivity index (χ1v) is 9.38. The minimum atomic E-state index is -0.164. The summed E-state index contributed by atoms with van der Waals surface area (Å²) in [6, 6.07) is 15.0. The smallest absolute Gasteiger partial charge is 0.255 e. The Labute approximate surface area is 155 Å². The molecule has 2 aromatic rings. The van der Waals surface area contributed by atoms with Crippen LogP contribution in [0.15, 0.2) is 48.5 Å². The van der Waals surface area contributed by atoms with E-state index in [1.165, 1.54) is 6.42 Å². The first kappa shape index (κ1) is 18.2. The van der Waals surface area contributed by atoms with Crippen LogP contribution in [0.4, 0.5) is 5.69 Å². The van der Waals surface area contributed by atoms with E-state index >= 15 is 0 Å². The molecule has 1 atom stereocenters. The molecule has 4 heteroatoms. The molecule has 0 spiro atoms. The largest absolute Gasteiger partial charge is 0.336 e. The standard InChI is InChI=1S/C22H26N2O2/c1-3-19-9-6-7-15-24(19)22(26)18-13-11-17(12-14-18)21(25)23-20-10-5-4-8-16(20)2/h4-5,8,10-14,19H,3,6-7,9,15H2,1-2H3,(H,23,25). The fourth-order valence-corrected chi connectivity index (χ4v) is 3.53. The highest BCUT2D eigenvalue weighted by molar-refractivity contribution is 6.05. The number of nitrogens with zero attached hydrogens (tertiary/aromatic N) is 1. The Balaban J connectivity index is 1.70. The lowest BCUT2D eigenvalue weighted by atomic mass is 9.98. The van der Waals surface area contributed by atoms with E-state index in [9.17, 15) is 9.59 Å². The average Bonchev–Trinajstić information content (AvgIpc) is 2.69. The molecule has 0 radical (unpaired) electrons. The minimum Gasteiger partial charge on any atom is -0.336 e. The number of aryl methyl sites for hydroxylation is 1. The van der Waals surface area contributed by atoms with Crippen LogP contribution in [0.2, 0.25) is 0 Å². The van der Waals surface area contributed by atoms with Gasteiger partial charge in [-0.2, -0.15) is 0 Å². The predicted molar refractivity (Wildman–Crippen MR) is 105 cm³/mol. The average molecular weight is 350 g/mol. The molecule has 2 aromatic carbocycles. The maximum Gasteiger partial charge on any atom is 0.255 e. The van der Waals surface area contributed by atoms with Crippen molar-refractivity contribution in [2.45, 2.75) is 45.6 Å². The lowest BCUT2D eigenvalue weighted by Gasteiger charge is -2.35. The van der Waals surface area contributed by atoms with Gasteiger partial charge < -0.3 is 10.2 Å². The van der Waals surface area contributed by atoms with Crippen LogP contribution in [-0.4, -0.2) is 29.3 Å². The second-order valence-corrected chi connectivity index (χ2v) is 6.90. The van der Waals surface area contributed by atoms with Gasteiger partial charge in [-0.05, 0) is 68.5 Å². The Hall–Kier alpha value is -2.62. The molecule has 0 aromatic heterocycles. The van der Waals surface area contributed by atoms with Crippen LogP contribution < -0.4 is 5.32 Å². The molecule has 0 bridgehead atoms. The number of likely N-dealkylation sites (tertiary alicyclic amines) is 1. The Kier molecular flexibility index (Phi) is 5.71. The summed E-state index contributed by atoms with van der Waals surface area (Å²) in [4.78, 5) is 27.2. The summed E-state index contributed by atoms with van der Waals surface area (Å²) in [5.74, 6) is -0.0925. The summed E-state index contributed by atoms with van der Waals surface area (Å²) in [7, 11) is 0. The van der Waals surface area contributed by atoms with Crippen LogP contribution in [-0.2, 0) is 0 Å². The van der Waals surface area contributed by atoms with Gasteiger partial charge in [0.25, 0.3) is 11.8 Å². The SMILES string of the molecule is CCC1CCCCN1C(=O)c1ccc(C(=O)Nc2ccccc2C)cc1. The molecular formula is C22H26N2O2. The van der Waals surface area contributed by atoms with Crippen LogP contribution in [0.5, 0.6) is 0 Å². The van der Waals surface area contributed by atoms with Crippen LogP contribution in [0.25, 0.3) is 0 Å². The predicted octanol–water partition coefficient (Wildman–Crippen LogP) is 4.65. The van der Waals surface area contributed by atoms with Crippen LogP contribution in [0.1, 0.15) is 58.9 Å². The van der Waals surface area contributed by atoms with Crippen molar-refractivity contribution in [1.29, 1.82) is 0 Å². The van der Waals surface area contributed by atoms with Gasteiger partial charge in [-0.3, -0.25) is 9.59 Å². The third-order valence-corrected chi connectivity index (χ3v) is 5.15. The molecule has 0 saturated carbocycles. The number of nitrogens with one attached hydrogen (secondary N) is 1. The summed E-state index contributed by atoms with van der Waals surface area (Å²) in [6.45, 7) is 4.92. The van der Waals surface area contributed by atoms with Crippen molar-refractivity contribution in [3.63, 3.8) is 0 Å². The van der Waals surface area contributed by atoms with Crippen LogP contribution >= 0.6 is 0 Å². The highest BCUT2D eigenvalue weighted by atomic mass is 16.2.